The molecule has 0 aliphatic heterocycles. The maximum absolute atomic E-state index is 2.44. The van der Waals surface area contributed by atoms with Gasteiger partial charge in [-0.1, -0.05) is 165 Å². The molecule has 9 aromatic carbocycles. The van der Waals surface area contributed by atoms with Gasteiger partial charge in [-0.25, -0.2) is 0 Å². The third kappa shape index (κ3) is 5.25. The van der Waals surface area contributed by atoms with Crippen molar-refractivity contribution in [3.8, 4) is 0 Å². The van der Waals surface area contributed by atoms with E-state index in [1.54, 1.807) is 0 Å². The summed E-state index contributed by atoms with van der Waals surface area (Å²) >= 11 is 0. The Hall–Kier alpha value is -5.86. The van der Waals surface area contributed by atoms with Crippen LogP contribution in [-0.4, -0.2) is 6.71 Å². The van der Waals surface area contributed by atoms with Crippen LogP contribution in [0.25, 0.3) is 43.1 Å². The van der Waals surface area contributed by atoms with Crippen molar-refractivity contribution in [3.63, 3.8) is 0 Å². The first-order valence-corrected chi connectivity index (χ1v) is 18.5. The average Bonchev–Trinajstić information content (AvgIpc) is 3.14. The van der Waals surface area contributed by atoms with Gasteiger partial charge in [-0.3, -0.25) is 0 Å². The molecule has 0 N–H and O–H groups in total. The number of aryl methyl sites for hydroxylation is 6. The molecule has 0 aromatic heterocycles. The van der Waals surface area contributed by atoms with E-state index in [1.165, 1.54) is 98.5 Å². The minimum absolute atomic E-state index is 0.104. The summed E-state index contributed by atoms with van der Waals surface area (Å²) in [7, 11) is 0. The van der Waals surface area contributed by atoms with E-state index in [-0.39, 0.29) is 6.71 Å². The van der Waals surface area contributed by atoms with Gasteiger partial charge in [0.25, 0.3) is 0 Å². The van der Waals surface area contributed by atoms with Crippen molar-refractivity contribution in [1.29, 1.82) is 0 Å². The first-order chi connectivity index (χ1) is 25.2. The molecular formula is C50H42BN. The molecule has 0 radical (unpaired) electrons. The number of rotatable bonds is 6. The van der Waals surface area contributed by atoms with E-state index in [4.69, 9.17) is 0 Å². The number of nitrogens with zero attached hydrogens (tertiary/aromatic N) is 1. The molecule has 0 heterocycles. The van der Waals surface area contributed by atoms with Crippen LogP contribution < -0.4 is 21.3 Å². The van der Waals surface area contributed by atoms with Gasteiger partial charge in [0.15, 0.2) is 0 Å². The van der Waals surface area contributed by atoms with Crippen molar-refractivity contribution >= 4 is 83.3 Å². The topological polar surface area (TPSA) is 3.24 Å². The molecular weight excluding hydrogens is 625 g/mol. The zero-order chi connectivity index (χ0) is 35.7. The number of hydrogen-bond donors (Lipinski definition) is 0. The fourth-order valence-electron chi connectivity index (χ4n) is 8.97. The lowest BCUT2D eigenvalue weighted by molar-refractivity contribution is 1.29. The van der Waals surface area contributed by atoms with Crippen molar-refractivity contribution in [1.82, 2.24) is 0 Å². The highest BCUT2D eigenvalue weighted by atomic mass is 15.1. The van der Waals surface area contributed by atoms with E-state index in [0.29, 0.717) is 0 Å². The standard InChI is InChI=1S/C50H42BN/c1-31-11-19-41(20-12-31)52(42-21-14-37-9-7-8-10-40(37)30-42)47-26-18-39-15-22-43-46(25-17-38-16-23-44(47)49(39)48(38)43)51(45-24-13-32(2)27-34(45)4)50-35(5)28-33(3)29-36(50)6/h7-30H,1-6H3. The van der Waals surface area contributed by atoms with Gasteiger partial charge in [-0.2, -0.15) is 0 Å². The highest BCUT2D eigenvalue weighted by molar-refractivity contribution is 6.97. The van der Waals surface area contributed by atoms with Crippen LogP contribution in [0.1, 0.15) is 33.4 Å². The van der Waals surface area contributed by atoms with Crippen LogP contribution in [0.3, 0.4) is 0 Å². The average molecular weight is 668 g/mol. The van der Waals surface area contributed by atoms with Crippen LogP contribution >= 0.6 is 0 Å². The molecule has 0 spiro atoms. The molecule has 9 rings (SSSR count). The summed E-state index contributed by atoms with van der Waals surface area (Å²) < 4.78 is 0. The van der Waals surface area contributed by atoms with Crippen molar-refractivity contribution < 1.29 is 0 Å². The lowest BCUT2D eigenvalue weighted by Gasteiger charge is -2.28. The molecule has 0 bridgehead atoms. The molecule has 52 heavy (non-hydrogen) atoms. The Morgan fingerprint density at radius 2 is 0.942 bits per heavy atom. The highest BCUT2D eigenvalue weighted by Crippen LogP contribution is 2.44. The second-order valence-electron chi connectivity index (χ2n) is 15.0. The van der Waals surface area contributed by atoms with E-state index < -0.39 is 0 Å². The monoisotopic (exact) mass is 667 g/mol. The summed E-state index contributed by atoms with van der Waals surface area (Å²) in [6.07, 6.45) is 0. The lowest BCUT2D eigenvalue weighted by atomic mass is 9.34. The van der Waals surface area contributed by atoms with Crippen molar-refractivity contribution in [2.75, 3.05) is 4.90 Å². The second-order valence-corrected chi connectivity index (χ2v) is 15.0. The minimum atomic E-state index is 0.104. The van der Waals surface area contributed by atoms with Crippen molar-refractivity contribution in [2.45, 2.75) is 41.5 Å². The van der Waals surface area contributed by atoms with E-state index in [1.807, 2.05) is 0 Å². The summed E-state index contributed by atoms with van der Waals surface area (Å²) in [6.45, 7) is 13.5. The second kappa shape index (κ2) is 12.4. The number of hydrogen-bond acceptors (Lipinski definition) is 1. The smallest absolute Gasteiger partial charge is 0.243 e. The predicted octanol–water partition coefficient (Wildman–Crippen LogP) is 11.6. The van der Waals surface area contributed by atoms with E-state index in [0.717, 1.165) is 11.4 Å². The van der Waals surface area contributed by atoms with Crippen LogP contribution in [0.2, 0.25) is 0 Å². The molecule has 2 heteroatoms. The normalized spacial score (nSPS) is 11.7. The molecule has 0 unspecified atom stereocenters. The number of fused-ring (bicyclic) bond motifs is 1. The number of anilines is 3. The van der Waals surface area contributed by atoms with Gasteiger partial charge in [-0.15, -0.1) is 0 Å². The molecule has 1 nitrogen and oxygen atoms in total. The molecule has 0 saturated carbocycles. The Labute approximate surface area is 307 Å². The van der Waals surface area contributed by atoms with Gasteiger partial charge in [-0.05, 0) is 110 Å². The van der Waals surface area contributed by atoms with Crippen molar-refractivity contribution in [3.05, 3.63) is 179 Å². The van der Waals surface area contributed by atoms with Crippen LogP contribution in [0.5, 0.6) is 0 Å². The molecule has 0 aliphatic carbocycles. The maximum atomic E-state index is 2.44. The zero-order valence-corrected chi connectivity index (χ0v) is 30.9. The van der Waals surface area contributed by atoms with Crippen LogP contribution in [0.15, 0.2) is 146 Å². The highest BCUT2D eigenvalue weighted by Gasteiger charge is 2.29. The van der Waals surface area contributed by atoms with Gasteiger partial charge < -0.3 is 4.90 Å². The number of benzene rings is 9. The Bertz CT molecular complexity index is 2790. The first kappa shape index (κ1) is 32.1. The van der Waals surface area contributed by atoms with Gasteiger partial charge in [0.1, 0.15) is 0 Å². The fourth-order valence-corrected chi connectivity index (χ4v) is 8.97. The predicted molar refractivity (Wildman–Crippen MR) is 228 cm³/mol. The third-order valence-electron chi connectivity index (χ3n) is 11.3. The van der Waals surface area contributed by atoms with E-state index in [2.05, 4.69) is 192 Å². The van der Waals surface area contributed by atoms with Gasteiger partial charge in [0.2, 0.25) is 6.71 Å². The van der Waals surface area contributed by atoms with Gasteiger partial charge in [0.05, 0.1) is 5.69 Å². The van der Waals surface area contributed by atoms with E-state index in [9.17, 15) is 0 Å². The minimum Gasteiger partial charge on any atom is -0.310 e. The van der Waals surface area contributed by atoms with Crippen LogP contribution in [-0.2, 0) is 0 Å². The Morgan fingerprint density at radius 3 is 1.67 bits per heavy atom. The lowest BCUT2D eigenvalue weighted by Crippen LogP contribution is -2.55. The summed E-state index contributed by atoms with van der Waals surface area (Å²) in [5.41, 5.74) is 15.5. The van der Waals surface area contributed by atoms with Gasteiger partial charge in [0, 0.05) is 16.8 Å². The molecule has 0 fully saturated rings. The first-order valence-electron chi connectivity index (χ1n) is 18.5. The summed E-state index contributed by atoms with van der Waals surface area (Å²) in [4.78, 5) is 2.44. The molecule has 9 aromatic rings. The molecule has 0 amide bonds. The molecule has 250 valence electrons. The van der Waals surface area contributed by atoms with E-state index >= 15 is 0 Å². The third-order valence-corrected chi connectivity index (χ3v) is 11.3. The SMILES string of the molecule is Cc1ccc(N(c2ccc3ccccc3c2)c2ccc3ccc4c(B(c5ccc(C)cc5C)c5c(C)cc(C)cc5C)ccc5ccc2c3c54)cc1. The van der Waals surface area contributed by atoms with Crippen LogP contribution in [0.4, 0.5) is 17.1 Å². The summed E-state index contributed by atoms with van der Waals surface area (Å²) in [5, 5.41) is 10.3. The summed E-state index contributed by atoms with van der Waals surface area (Å²) in [6, 6.07) is 54.9. The Balaban J connectivity index is 1.33. The Morgan fingerprint density at radius 1 is 0.385 bits per heavy atom. The fraction of sp³-hybridized carbons (Fsp3) is 0.120. The Kier molecular flexibility index (Phi) is 7.67. The zero-order valence-electron chi connectivity index (χ0n) is 30.9. The van der Waals surface area contributed by atoms with Crippen molar-refractivity contribution in [2.24, 2.45) is 0 Å². The maximum Gasteiger partial charge on any atom is 0.243 e. The quantitative estimate of drug-likeness (QED) is 0.126. The molecule has 0 aliphatic rings. The summed E-state index contributed by atoms with van der Waals surface area (Å²) in [5.74, 6) is 0. The van der Waals surface area contributed by atoms with Gasteiger partial charge >= 0.3 is 0 Å². The molecule has 0 atom stereocenters. The largest absolute Gasteiger partial charge is 0.310 e. The molecule has 0 saturated heterocycles. The van der Waals surface area contributed by atoms with Crippen LogP contribution in [0, 0.1) is 41.5 Å².